The smallest absolute Gasteiger partial charge is 0.217 e. The van der Waals surface area contributed by atoms with E-state index in [1.807, 2.05) is 59.3 Å². The molecule has 0 N–H and O–H groups in total. The molecule has 160 valence electrons. The summed E-state index contributed by atoms with van der Waals surface area (Å²) in [6.07, 6.45) is 9.63. The second kappa shape index (κ2) is 8.32. The van der Waals surface area contributed by atoms with Crippen molar-refractivity contribution in [1.82, 2.24) is 19.7 Å². The summed E-state index contributed by atoms with van der Waals surface area (Å²) in [6.45, 7) is 0.591. The zero-order valence-electron chi connectivity index (χ0n) is 17.2. The Balaban J connectivity index is 1.53. The predicted octanol–water partition coefficient (Wildman–Crippen LogP) is 4.02. The number of ketones is 1. The van der Waals surface area contributed by atoms with Crippen LogP contribution < -0.4 is 9.85 Å². The van der Waals surface area contributed by atoms with Crippen molar-refractivity contribution >= 4 is 34.5 Å². The van der Waals surface area contributed by atoms with Crippen LogP contribution in [-0.2, 0) is 6.54 Å². The van der Waals surface area contributed by atoms with Crippen LogP contribution in [0.1, 0.15) is 28.0 Å². The van der Waals surface area contributed by atoms with E-state index >= 15 is 0 Å². The average Bonchev–Trinajstić information content (AvgIpc) is 3.46. The molecule has 1 aliphatic heterocycles. The summed E-state index contributed by atoms with van der Waals surface area (Å²) in [7, 11) is 1.60. The standard InChI is InChI=1S/C23H19ClN6O2/c1-32-18-8-9-22-19(12-18)20(14-28(22)13-16-4-6-17(24)7-5-16)23(31)21-15-30(27-26-21)29-11-3-2-10-25-29/h3-12,14-15H,2,13H2,1H3. The van der Waals surface area contributed by atoms with Crippen molar-refractivity contribution < 1.29 is 9.53 Å². The van der Waals surface area contributed by atoms with Crippen molar-refractivity contribution in [3.8, 4) is 5.75 Å². The number of allylic oxidation sites excluding steroid dienone is 1. The molecule has 0 amide bonds. The van der Waals surface area contributed by atoms with Crippen LogP contribution in [0.15, 0.2) is 72.2 Å². The molecule has 0 radical (unpaired) electrons. The fraction of sp³-hybridized carbons (Fsp3) is 0.130. The van der Waals surface area contributed by atoms with E-state index in [1.165, 1.54) is 9.91 Å². The minimum absolute atomic E-state index is 0.227. The van der Waals surface area contributed by atoms with E-state index in [9.17, 15) is 4.79 Å². The molecule has 0 spiro atoms. The molecule has 4 aromatic rings. The third kappa shape index (κ3) is 3.76. The predicted molar refractivity (Wildman–Crippen MR) is 123 cm³/mol. The molecule has 2 aromatic carbocycles. The van der Waals surface area contributed by atoms with Gasteiger partial charge in [0.15, 0.2) is 5.69 Å². The van der Waals surface area contributed by atoms with Gasteiger partial charge < -0.3 is 9.30 Å². The number of carbonyl (C=O) groups excluding carboxylic acids is 1. The molecule has 1 aliphatic rings. The number of methoxy groups -OCH3 is 1. The van der Waals surface area contributed by atoms with Crippen LogP contribution in [0.3, 0.4) is 0 Å². The third-order valence-electron chi connectivity index (χ3n) is 5.20. The Bertz CT molecular complexity index is 1340. The quantitative estimate of drug-likeness (QED) is 0.418. The van der Waals surface area contributed by atoms with E-state index in [4.69, 9.17) is 16.3 Å². The lowest BCUT2D eigenvalue weighted by Crippen LogP contribution is -2.25. The maximum Gasteiger partial charge on any atom is 0.217 e. The Morgan fingerprint density at radius 1 is 1.16 bits per heavy atom. The molecule has 9 heteroatoms. The maximum atomic E-state index is 13.4. The van der Waals surface area contributed by atoms with Gasteiger partial charge in [-0.1, -0.05) is 29.8 Å². The highest BCUT2D eigenvalue weighted by Gasteiger charge is 2.21. The van der Waals surface area contributed by atoms with Gasteiger partial charge in [0.2, 0.25) is 5.78 Å². The average molecular weight is 447 g/mol. The molecule has 0 atom stereocenters. The first-order valence-electron chi connectivity index (χ1n) is 9.99. The second-order valence-electron chi connectivity index (χ2n) is 7.27. The summed E-state index contributed by atoms with van der Waals surface area (Å²) in [4.78, 5) is 14.8. The fourth-order valence-corrected chi connectivity index (χ4v) is 3.73. The van der Waals surface area contributed by atoms with E-state index in [2.05, 4.69) is 15.4 Å². The number of carbonyl (C=O) groups is 1. The van der Waals surface area contributed by atoms with E-state index in [1.54, 1.807) is 25.7 Å². The van der Waals surface area contributed by atoms with Crippen molar-refractivity contribution in [2.24, 2.45) is 5.10 Å². The molecule has 0 aliphatic carbocycles. The first-order valence-corrected chi connectivity index (χ1v) is 10.4. The number of aromatic nitrogens is 4. The zero-order valence-corrected chi connectivity index (χ0v) is 18.0. The number of benzene rings is 2. The van der Waals surface area contributed by atoms with Gasteiger partial charge in [-0.3, -0.25) is 4.79 Å². The number of hydrazone groups is 1. The summed E-state index contributed by atoms with van der Waals surface area (Å²) >= 11 is 6.02. The molecule has 32 heavy (non-hydrogen) atoms. The Labute approximate surface area is 188 Å². The topological polar surface area (TPSA) is 77.5 Å². The van der Waals surface area contributed by atoms with Crippen LogP contribution in [0.5, 0.6) is 5.75 Å². The molecule has 3 heterocycles. The van der Waals surface area contributed by atoms with Crippen LogP contribution in [-0.4, -0.2) is 38.8 Å². The molecule has 0 fully saturated rings. The number of hydrogen-bond donors (Lipinski definition) is 0. The Morgan fingerprint density at radius 2 is 2.00 bits per heavy atom. The number of halogens is 1. The molecular formula is C23H19ClN6O2. The number of rotatable bonds is 6. The van der Waals surface area contributed by atoms with Gasteiger partial charge in [-0.15, -0.1) is 9.89 Å². The summed E-state index contributed by atoms with van der Waals surface area (Å²) in [6, 6.07) is 13.3. The summed E-state index contributed by atoms with van der Waals surface area (Å²) in [5.41, 5.74) is 2.74. The third-order valence-corrected chi connectivity index (χ3v) is 5.46. The van der Waals surface area contributed by atoms with Crippen molar-refractivity contribution in [2.75, 3.05) is 12.2 Å². The first-order chi connectivity index (χ1) is 15.6. The van der Waals surface area contributed by atoms with Gasteiger partial charge in [-0.2, -0.15) is 10.2 Å². The number of hydrogen-bond acceptors (Lipinski definition) is 6. The molecule has 0 bridgehead atoms. The summed E-state index contributed by atoms with van der Waals surface area (Å²) in [5, 5.41) is 15.3. The first kappa shape index (κ1) is 20.0. The Hall–Kier alpha value is -3.91. The highest BCUT2D eigenvalue weighted by atomic mass is 35.5. The van der Waals surface area contributed by atoms with Crippen LogP contribution in [0.25, 0.3) is 10.9 Å². The molecule has 0 saturated carbocycles. The largest absolute Gasteiger partial charge is 0.497 e. The van der Waals surface area contributed by atoms with Gasteiger partial charge in [0, 0.05) is 47.5 Å². The van der Waals surface area contributed by atoms with E-state index in [0.717, 1.165) is 22.9 Å². The number of fused-ring (bicyclic) bond motifs is 1. The zero-order chi connectivity index (χ0) is 22.1. The Kier molecular flexibility index (Phi) is 5.20. The van der Waals surface area contributed by atoms with E-state index < -0.39 is 0 Å². The van der Waals surface area contributed by atoms with Gasteiger partial charge in [0.25, 0.3) is 0 Å². The summed E-state index contributed by atoms with van der Waals surface area (Å²) in [5.74, 6) is 0.446. The van der Waals surface area contributed by atoms with Crippen LogP contribution >= 0.6 is 11.6 Å². The molecule has 2 aromatic heterocycles. The van der Waals surface area contributed by atoms with Gasteiger partial charge in [0.05, 0.1) is 18.9 Å². The van der Waals surface area contributed by atoms with Gasteiger partial charge in [0.1, 0.15) is 5.75 Å². The molecule has 0 saturated heterocycles. The Morgan fingerprint density at radius 3 is 2.75 bits per heavy atom. The van der Waals surface area contributed by atoms with Crippen LogP contribution in [0, 0.1) is 0 Å². The van der Waals surface area contributed by atoms with Crippen LogP contribution in [0.4, 0.5) is 0 Å². The molecule has 0 unspecified atom stereocenters. The SMILES string of the molecule is COc1ccc2c(c1)c(C(=O)c1cn(N3C=CCC=N3)nn1)cn2Cc1ccc(Cl)cc1. The van der Waals surface area contributed by atoms with Crippen LogP contribution in [0.2, 0.25) is 5.02 Å². The molecular weight excluding hydrogens is 428 g/mol. The highest BCUT2D eigenvalue weighted by Crippen LogP contribution is 2.28. The fourth-order valence-electron chi connectivity index (χ4n) is 3.61. The lowest BCUT2D eigenvalue weighted by Gasteiger charge is -2.14. The van der Waals surface area contributed by atoms with Gasteiger partial charge >= 0.3 is 0 Å². The molecule has 8 nitrogen and oxygen atoms in total. The minimum Gasteiger partial charge on any atom is -0.497 e. The van der Waals surface area contributed by atoms with Crippen molar-refractivity contribution in [2.45, 2.75) is 13.0 Å². The van der Waals surface area contributed by atoms with E-state index in [0.29, 0.717) is 22.9 Å². The lowest BCUT2D eigenvalue weighted by molar-refractivity contribution is 0.103. The highest BCUT2D eigenvalue weighted by molar-refractivity contribution is 6.30. The monoisotopic (exact) mass is 446 g/mol. The van der Waals surface area contributed by atoms with Crippen molar-refractivity contribution in [3.63, 3.8) is 0 Å². The maximum absolute atomic E-state index is 13.4. The normalized spacial score (nSPS) is 13.1. The number of ether oxygens (including phenoxy) is 1. The van der Waals surface area contributed by atoms with Gasteiger partial charge in [-0.25, -0.2) is 0 Å². The second-order valence-corrected chi connectivity index (χ2v) is 7.71. The van der Waals surface area contributed by atoms with Crippen molar-refractivity contribution in [3.05, 3.63) is 89.0 Å². The molecule has 5 rings (SSSR count). The van der Waals surface area contributed by atoms with Gasteiger partial charge in [-0.05, 0) is 41.1 Å². The van der Waals surface area contributed by atoms with Crippen molar-refractivity contribution in [1.29, 1.82) is 0 Å². The lowest BCUT2D eigenvalue weighted by atomic mass is 10.1. The summed E-state index contributed by atoms with van der Waals surface area (Å²) < 4.78 is 7.42. The minimum atomic E-state index is -0.227. The number of nitrogens with zero attached hydrogens (tertiary/aromatic N) is 6. The van der Waals surface area contributed by atoms with E-state index in [-0.39, 0.29) is 11.5 Å².